The molecule has 13 heteroatoms. The van der Waals surface area contributed by atoms with Crippen molar-refractivity contribution in [2.24, 2.45) is 5.92 Å². The van der Waals surface area contributed by atoms with E-state index in [2.05, 4.69) is 26.8 Å². The number of anilines is 1. The molecule has 2 aliphatic heterocycles. The van der Waals surface area contributed by atoms with Gasteiger partial charge in [0.15, 0.2) is 17.7 Å². The number of nitrogens with two attached hydrogens (primary N) is 1. The van der Waals surface area contributed by atoms with Crippen LogP contribution in [0.15, 0.2) is 36.7 Å². The van der Waals surface area contributed by atoms with Gasteiger partial charge in [0.1, 0.15) is 30.4 Å². The first-order valence-electron chi connectivity index (χ1n) is 13.6. The molecule has 5 N–H and O–H groups in total. The summed E-state index contributed by atoms with van der Waals surface area (Å²) < 4.78 is 18.0. The summed E-state index contributed by atoms with van der Waals surface area (Å²) >= 11 is 0. The first kappa shape index (κ1) is 28.7. The van der Waals surface area contributed by atoms with Crippen LogP contribution in [0, 0.1) is 17.8 Å². The minimum Gasteiger partial charge on any atom is -0.447 e. The number of carbonyl (C=O) groups excluding carboxylic acids is 1. The lowest BCUT2D eigenvalue weighted by molar-refractivity contribution is -0.0511. The largest absolute Gasteiger partial charge is 0.447 e. The summed E-state index contributed by atoms with van der Waals surface area (Å²) in [4.78, 5) is 27.0. The average molecular weight is 567 g/mol. The molecule has 2 unspecified atom stereocenters. The molecule has 2 aromatic heterocycles. The highest BCUT2D eigenvalue weighted by Crippen LogP contribution is 2.32. The van der Waals surface area contributed by atoms with Crippen molar-refractivity contribution < 1.29 is 34.3 Å². The van der Waals surface area contributed by atoms with E-state index in [4.69, 9.17) is 19.9 Å². The fraction of sp³-hybridized carbons (Fsp3) is 0.500. The number of fused-ring (bicyclic) bond motifs is 1. The fourth-order valence-corrected chi connectivity index (χ4v) is 4.93. The molecule has 0 saturated carbocycles. The first-order valence-corrected chi connectivity index (χ1v) is 13.6. The average Bonchev–Trinajstić information content (AvgIpc) is 3.54. The van der Waals surface area contributed by atoms with E-state index in [1.165, 1.54) is 10.9 Å². The van der Waals surface area contributed by atoms with Gasteiger partial charge in [-0.1, -0.05) is 36.3 Å². The van der Waals surface area contributed by atoms with Crippen molar-refractivity contribution in [1.29, 1.82) is 0 Å². The van der Waals surface area contributed by atoms with Crippen LogP contribution in [0.25, 0.3) is 11.2 Å². The van der Waals surface area contributed by atoms with Crippen molar-refractivity contribution in [2.45, 2.75) is 50.4 Å². The number of piperidine rings is 1. The van der Waals surface area contributed by atoms with E-state index in [0.717, 1.165) is 18.4 Å². The number of aliphatic hydroxyl groups is 3. The number of ether oxygens (including phenoxy) is 3. The molecule has 0 aliphatic carbocycles. The van der Waals surface area contributed by atoms with Crippen molar-refractivity contribution in [3.8, 4) is 11.8 Å². The third-order valence-electron chi connectivity index (χ3n) is 7.27. The van der Waals surface area contributed by atoms with Gasteiger partial charge in [0.25, 0.3) is 0 Å². The Morgan fingerprint density at radius 3 is 2.63 bits per heavy atom. The van der Waals surface area contributed by atoms with Crippen molar-refractivity contribution in [1.82, 2.24) is 24.4 Å². The molecule has 2 saturated heterocycles. The predicted octanol–water partition coefficient (Wildman–Crippen LogP) is 0.827. The second kappa shape index (κ2) is 13.2. The second-order valence-corrected chi connectivity index (χ2v) is 10.1. The number of carbonyl (C=O) groups is 1. The van der Waals surface area contributed by atoms with Gasteiger partial charge in [-0.15, -0.1) is 0 Å². The molecule has 0 spiro atoms. The highest BCUT2D eigenvalue weighted by Gasteiger charge is 2.44. The zero-order valence-corrected chi connectivity index (χ0v) is 22.5. The predicted molar refractivity (Wildman–Crippen MR) is 146 cm³/mol. The van der Waals surface area contributed by atoms with Crippen LogP contribution in [0.2, 0.25) is 0 Å². The third kappa shape index (κ3) is 6.75. The summed E-state index contributed by atoms with van der Waals surface area (Å²) in [5, 5.41) is 29.9. The molecule has 5 rings (SSSR count). The van der Waals surface area contributed by atoms with E-state index < -0.39 is 31.1 Å². The lowest BCUT2D eigenvalue weighted by atomic mass is 9.94. The fourth-order valence-electron chi connectivity index (χ4n) is 4.93. The van der Waals surface area contributed by atoms with Crippen LogP contribution in [0.4, 0.5) is 10.6 Å². The lowest BCUT2D eigenvalue weighted by Gasteiger charge is -2.30. The maximum Gasteiger partial charge on any atom is 0.409 e. The molecular formula is C28H34N6O7. The van der Waals surface area contributed by atoms with E-state index in [-0.39, 0.29) is 24.3 Å². The van der Waals surface area contributed by atoms with Crippen molar-refractivity contribution in [3.05, 3.63) is 48.0 Å². The highest BCUT2D eigenvalue weighted by molar-refractivity contribution is 5.82. The van der Waals surface area contributed by atoms with Gasteiger partial charge in [-0.05, 0) is 30.2 Å². The number of hydrogen-bond acceptors (Lipinski definition) is 11. The Hall–Kier alpha value is -3.80. The second-order valence-electron chi connectivity index (χ2n) is 10.1. The molecule has 1 aromatic carbocycles. The Morgan fingerprint density at radius 1 is 1.12 bits per heavy atom. The Bertz CT molecular complexity index is 1380. The van der Waals surface area contributed by atoms with Gasteiger partial charge in [-0.3, -0.25) is 4.57 Å². The molecule has 0 bridgehead atoms. The number of nitrogens with zero attached hydrogens (tertiary/aromatic N) is 5. The molecule has 3 aromatic rings. The van der Waals surface area contributed by atoms with E-state index in [1.807, 2.05) is 30.3 Å². The normalized spacial score (nSPS) is 23.0. The Balaban J connectivity index is 1.09. The maximum absolute atomic E-state index is 12.4. The summed E-state index contributed by atoms with van der Waals surface area (Å²) in [6.45, 7) is 1.76. The van der Waals surface area contributed by atoms with E-state index in [9.17, 15) is 20.1 Å². The number of aliphatic hydroxyl groups excluding tert-OH is 3. The molecule has 4 heterocycles. The van der Waals surface area contributed by atoms with Crippen LogP contribution in [0.5, 0.6) is 0 Å². The number of rotatable bonds is 8. The van der Waals surface area contributed by atoms with Gasteiger partial charge in [0.05, 0.1) is 26.1 Å². The molecule has 4 atom stereocenters. The minimum absolute atomic E-state index is 0.127. The number of amides is 1. The molecule has 2 fully saturated rings. The summed E-state index contributed by atoms with van der Waals surface area (Å²) in [5.41, 5.74) is 7.76. The van der Waals surface area contributed by atoms with Gasteiger partial charge in [0, 0.05) is 19.5 Å². The molecular weight excluding hydrogens is 532 g/mol. The van der Waals surface area contributed by atoms with E-state index in [1.54, 1.807) is 4.90 Å². The van der Waals surface area contributed by atoms with E-state index in [0.29, 0.717) is 49.8 Å². The summed E-state index contributed by atoms with van der Waals surface area (Å²) in [6.07, 6.45) is -1.21. The van der Waals surface area contributed by atoms with Crippen LogP contribution in [-0.2, 0) is 20.8 Å². The van der Waals surface area contributed by atoms with Gasteiger partial charge < -0.3 is 40.2 Å². The monoisotopic (exact) mass is 566 g/mol. The molecule has 1 amide bonds. The van der Waals surface area contributed by atoms with Crippen LogP contribution >= 0.6 is 0 Å². The number of likely N-dealkylation sites (tertiary alicyclic amines) is 1. The van der Waals surface area contributed by atoms with Gasteiger partial charge in [-0.2, -0.15) is 0 Å². The quantitative estimate of drug-likeness (QED) is 0.224. The van der Waals surface area contributed by atoms with Crippen LogP contribution < -0.4 is 5.73 Å². The van der Waals surface area contributed by atoms with Crippen molar-refractivity contribution >= 4 is 23.1 Å². The molecule has 0 radical (unpaired) electrons. The summed E-state index contributed by atoms with van der Waals surface area (Å²) in [7, 11) is 0. The first-order chi connectivity index (χ1) is 19.9. The molecule has 2 aliphatic rings. The van der Waals surface area contributed by atoms with Crippen LogP contribution in [-0.4, -0.2) is 97.1 Å². The number of nitrogen functional groups attached to an aromatic ring is 1. The Labute approximate surface area is 236 Å². The minimum atomic E-state index is -1.29. The van der Waals surface area contributed by atoms with Crippen LogP contribution in [0.3, 0.4) is 0 Å². The van der Waals surface area contributed by atoms with Gasteiger partial charge in [-0.25, -0.2) is 19.7 Å². The van der Waals surface area contributed by atoms with Crippen molar-refractivity contribution in [3.63, 3.8) is 0 Å². The zero-order chi connectivity index (χ0) is 28.8. The summed E-state index contributed by atoms with van der Waals surface area (Å²) in [6, 6.07) is 9.82. The van der Waals surface area contributed by atoms with E-state index >= 15 is 0 Å². The number of aromatic nitrogens is 4. The van der Waals surface area contributed by atoms with Gasteiger partial charge >= 0.3 is 6.09 Å². The zero-order valence-electron chi connectivity index (χ0n) is 22.5. The topological polar surface area (TPSA) is 178 Å². The SMILES string of the molecule is Nc1nc(C#CCC2CCN(C(=O)OCCOCc3ccccc3)CC2)nc2c1ncn2C1OC(CO)[C@H](O)[C@@H]1O. The number of hydrogen-bond donors (Lipinski definition) is 4. The number of benzene rings is 1. The Kier molecular flexibility index (Phi) is 9.28. The third-order valence-corrected chi connectivity index (χ3v) is 7.27. The van der Waals surface area contributed by atoms with Gasteiger partial charge in [0.2, 0.25) is 5.82 Å². The van der Waals surface area contributed by atoms with Crippen LogP contribution in [0.1, 0.15) is 36.9 Å². The molecule has 41 heavy (non-hydrogen) atoms. The summed E-state index contributed by atoms with van der Waals surface area (Å²) in [5.74, 6) is 6.70. The maximum atomic E-state index is 12.4. The number of imidazole rings is 1. The highest BCUT2D eigenvalue weighted by atomic mass is 16.6. The molecule has 13 nitrogen and oxygen atoms in total. The lowest BCUT2D eigenvalue weighted by Crippen LogP contribution is -2.39. The standard InChI is InChI=1S/C28H34N6O7/c29-25-22-26(34(17-30-22)27-24(37)23(36)20(15-35)41-27)32-21(31-25)8-4-7-18-9-11-33(12-10-18)28(38)40-14-13-39-16-19-5-2-1-3-6-19/h1-3,5-6,17-18,20,23-24,27,35-37H,7,9-16H2,(H2,29,31,32)/t20?,23-,24-,27?/m0/s1. The Morgan fingerprint density at radius 2 is 1.90 bits per heavy atom. The molecule has 218 valence electrons. The van der Waals surface area contributed by atoms with Crippen molar-refractivity contribution in [2.75, 3.05) is 38.6 Å². The smallest absolute Gasteiger partial charge is 0.409 e.